The van der Waals surface area contributed by atoms with Crippen LogP contribution in [0.4, 0.5) is 0 Å². The molecule has 0 aromatic rings. The van der Waals surface area contributed by atoms with Crippen LogP contribution in [0.1, 0.15) is 32.6 Å². The Labute approximate surface area is 89.3 Å². The van der Waals surface area contributed by atoms with Crippen molar-refractivity contribution in [2.24, 2.45) is 11.8 Å². The van der Waals surface area contributed by atoms with E-state index in [1.807, 2.05) is 0 Å². The van der Waals surface area contributed by atoms with Gasteiger partial charge in [0.1, 0.15) is 0 Å². The number of hydrogen-bond acceptors (Lipinski definition) is 2. The zero-order chi connectivity index (χ0) is 11.0. The van der Waals surface area contributed by atoms with Gasteiger partial charge in [-0.3, -0.25) is 9.59 Å². The third-order valence-corrected chi connectivity index (χ3v) is 3.83. The van der Waals surface area contributed by atoms with Gasteiger partial charge in [0.25, 0.3) is 0 Å². The molecule has 1 saturated heterocycles. The molecule has 4 heteroatoms. The number of fused-ring (bicyclic) bond motifs is 1. The van der Waals surface area contributed by atoms with Crippen LogP contribution >= 0.6 is 0 Å². The summed E-state index contributed by atoms with van der Waals surface area (Å²) >= 11 is 0. The highest BCUT2D eigenvalue weighted by atomic mass is 16.4. The summed E-state index contributed by atoms with van der Waals surface area (Å²) in [5.41, 5.74) is 0. The predicted octanol–water partition coefficient (Wildman–Crippen LogP) is 1.11. The van der Waals surface area contributed by atoms with Gasteiger partial charge in [-0.15, -0.1) is 0 Å². The molecule has 1 saturated carbocycles. The van der Waals surface area contributed by atoms with E-state index < -0.39 is 5.97 Å². The van der Waals surface area contributed by atoms with Gasteiger partial charge in [0, 0.05) is 19.5 Å². The van der Waals surface area contributed by atoms with E-state index >= 15 is 0 Å². The van der Waals surface area contributed by atoms with Gasteiger partial charge in [0.05, 0.1) is 6.42 Å². The summed E-state index contributed by atoms with van der Waals surface area (Å²) in [6.07, 6.45) is 3.55. The molecule has 3 atom stereocenters. The van der Waals surface area contributed by atoms with E-state index in [1.165, 1.54) is 13.3 Å². The zero-order valence-corrected chi connectivity index (χ0v) is 8.98. The van der Waals surface area contributed by atoms with Crippen LogP contribution in [-0.4, -0.2) is 34.5 Å². The Hall–Kier alpha value is -1.06. The van der Waals surface area contributed by atoms with Crippen molar-refractivity contribution in [3.05, 3.63) is 0 Å². The Morgan fingerprint density at radius 2 is 2.13 bits per heavy atom. The number of hydrogen-bond donors (Lipinski definition) is 1. The first-order valence-electron chi connectivity index (χ1n) is 5.58. The first-order valence-corrected chi connectivity index (χ1v) is 5.58. The standard InChI is InChI=1S/C11H17NO3/c1-7(13)12-6-8-3-2-4-9(8)10(12)5-11(14)15/h8-10H,2-6H2,1H3,(H,14,15)/t8-,9-,10-/m0/s1. The summed E-state index contributed by atoms with van der Waals surface area (Å²) in [4.78, 5) is 23.9. The second-order valence-corrected chi connectivity index (χ2v) is 4.69. The lowest BCUT2D eigenvalue weighted by Gasteiger charge is -2.25. The van der Waals surface area contributed by atoms with E-state index in [1.54, 1.807) is 4.90 Å². The van der Waals surface area contributed by atoms with E-state index in [-0.39, 0.29) is 18.4 Å². The Kier molecular flexibility index (Phi) is 2.67. The number of carbonyl (C=O) groups is 2. The van der Waals surface area contributed by atoms with Crippen LogP contribution in [0.2, 0.25) is 0 Å². The first-order chi connectivity index (χ1) is 7.09. The Morgan fingerprint density at radius 1 is 1.40 bits per heavy atom. The van der Waals surface area contributed by atoms with Crippen molar-refractivity contribution < 1.29 is 14.7 Å². The van der Waals surface area contributed by atoms with Crippen molar-refractivity contribution >= 4 is 11.9 Å². The molecular weight excluding hydrogens is 194 g/mol. The maximum Gasteiger partial charge on any atom is 0.305 e. The summed E-state index contributed by atoms with van der Waals surface area (Å²) in [7, 11) is 0. The van der Waals surface area contributed by atoms with E-state index in [9.17, 15) is 9.59 Å². The number of amides is 1. The SMILES string of the molecule is CC(=O)N1C[C@@H]2CCC[C@@H]2[C@@H]1CC(=O)O. The molecule has 1 amide bonds. The van der Waals surface area contributed by atoms with Crippen LogP contribution in [0.25, 0.3) is 0 Å². The number of nitrogens with zero attached hydrogens (tertiary/aromatic N) is 1. The molecule has 2 aliphatic rings. The quantitative estimate of drug-likeness (QED) is 0.744. The van der Waals surface area contributed by atoms with Crippen LogP contribution < -0.4 is 0 Å². The lowest BCUT2D eigenvalue weighted by molar-refractivity contribution is -0.140. The van der Waals surface area contributed by atoms with E-state index in [2.05, 4.69) is 0 Å². The molecule has 0 unspecified atom stereocenters. The number of aliphatic carboxylic acids is 1. The lowest BCUT2D eigenvalue weighted by atomic mass is 9.92. The second kappa shape index (κ2) is 3.83. The summed E-state index contributed by atoms with van der Waals surface area (Å²) < 4.78 is 0. The highest BCUT2D eigenvalue weighted by Gasteiger charge is 2.45. The Morgan fingerprint density at radius 3 is 2.73 bits per heavy atom. The summed E-state index contributed by atoms with van der Waals surface area (Å²) in [6, 6.07) is -0.0486. The molecule has 0 bridgehead atoms. The smallest absolute Gasteiger partial charge is 0.305 e. The molecule has 0 aromatic carbocycles. The van der Waals surface area contributed by atoms with Gasteiger partial charge >= 0.3 is 5.97 Å². The second-order valence-electron chi connectivity index (χ2n) is 4.69. The third kappa shape index (κ3) is 1.85. The van der Waals surface area contributed by atoms with Crippen LogP contribution in [-0.2, 0) is 9.59 Å². The van der Waals surface area contributed by atoms with Crippen molar-refractivity contribution in [3.63, 3.8) is 0 Å². The maximum atomic E-state index is 11.4. The molecule has 1 aliphatic heterocycles. The van der Waals surface area contributed by atoms with E-state index in [0.717, 1.165) is 19.4 Å². The van der Waals surface area contributed by atoms with Gasteiger partial charge < -0.3 is 10.0 Å². The molecular formula is C11H17NO3. The summed E-state index contributed by atoms with van der Waals surface area (Å²) in [5.74, 6) is 0.220. The van der Waals surface area contributed by atoms with Gasteiger partial charge in [-0.1, -0.05) is 6.42 Å². The normalized spacial score (nSPS) is 34.2. The van der Waals surface area contributed by atoms with Gasteiger partial charge in [0.15, 0.2) is 0 Å². The maximum absolute atomic E-state index is 11.4. The Balaban J connectivity index is 2.13. The predicted molar refractivity (Wildman–Crippen MR) is 54.3 cm³/mol. The van der Waals surface area contributed by atoms with E-state index in [4.69, 9.17) is 5.11 Å². The largest absolute Gasteiger partial charge is 0.481 e. The molecule has 0 aromatic heterocycles. The molecule has 1 heterocycles. The van der Waals surface area contributed by atoms with Crippen molar-refractivity contribution in [1.29, 1.82) is 0 Å². The van der Waals surface area contributed by atoms with Crippen LogP contribution in [0.15, 0.2) is 0 Å². The molecule has 0 radical (unpaired) electrons. The lowest BCUT2D eigenvalue weighted by Crippen LogP contribution is -2.38. The van der Waals surface area contributed by atoms with Gasteiger partial charge in [0.2, 0.25) is 5.91 Å². The zero-order valence-electron chi connectivity index (χ0n) is 8.98. The van der Waals surface area contributed by atoms with Crippen molar-refractivity contribution in [2.45, 2.75) is 38.6 Å². The molecule has 84 valence electrons. The van der Waals surface area contributed by atoms with Crippen molar-refractivity contribution in [1.82, 2.24) is 4.90 Å². The molecule has 2 fully saturated rings. The van der Waals surface area contributed by atoms with Crippen molar-refractivity contribution in [3.8, 4) is 0 Å². The molecule has 4 nitrogen and oxygen atoms in total. The number of carbonyl (C=O) groups excluding carboxylic acids is 1. The molecule has 15 heavy (non-hydrogen) atoms. The number of carboxylic acids is 1. The third-order valence-electron chi connectivity index (χ3n) is 3.83. The van der Waals surface area contributed by atoms with Gasteiger partial charge in [-0.2, -0.15) is 0 Å². The van der Waals surface area contributed by atoms with Crippen LogP contribution in [0.5, 0.6) is 0 Å². The average Bonchev–Trinajstić information content (AvgIpc) is 2.66. The molecule has 1 N–H and O–H groups in total. The number of likely N-dealkylation sites (tertiary alicyclic amines) is 1. The topological polar surface area (TPSA) is 57.6 Å². The monoisotopic (exact) mass is 211 g/mol. The van der Waals surface area contributed by atoms with Crippen LogP contribution in [0.3, 0.4) is 0 Å². The highest BCUT2D eigenvalue weighted by Crippen LogP contribution is 2.43. The number of carboxylic acid groups (broad SMARTS) is 1. The summed E-state index contributed by atoms with van der Waals surface area (Å²) in [6.45, 7) is 2.31. The fraction of sp³-hybridized carbons (Fsp3) is 0.818. The highest BCUT2D eigenvalue weighted by molar-refractivity contribution is 5.75. The Bertz CT molecular complexity index is 290. The van der Waals surface area contributed by atoms with E-state index in [0.29, 0.717) is 11.8 Å². The van der Waals surface area contributed by atoms with Gasteiger partial charge in [-0.05, 0) is 24.7 Å². The summed E-state index contributed by atoms with van der Waals surface area (Å²) in [5, 5.41) is 8.86. The first kappa shape index (κ1) is 10.5. The average molecular weight is 211 g/mol. The fourth-order valence-corrected chi connectivity index (χ4v) is 3.22. The molecule has 1 aliphatic carbocycles. The fourth-order valence-electron chi connectivity index (χ4n) is 3.22. The minimum absolute atomic E-state index is 0.0237. The van der Waals surface area contributed by atoms with Crippen molar-refractivity contribution in [2.75, 3.05) is 6.54 Å². The van der Waals surface area contributed by atoms with Crippen LogP contribution in [0, 0.1) is 11.8 Å². The van der Waals surface area contributed by atoms with Gasteiger partial charge in [-0.25, -0.2) is 0 Å². The molecule has 0 spiro atoms. The minimum atomic E-state index is -0.793. The minimum Gasteiger partial charge on any atom is -0.481 e. The molecule has 2 rings (SSSR count). The number of rotatable bonds is 2.